The fraction of sp³-hybridized carbons (Fsp3) is 0.400. The summed E-state index contributed by atoms with van der Waals surface area (Å²) in [5.41, 5.74) is 0.953. The van der Waals surface area contributed by atoms with Gasteiger partial charge in [0.15, 0.2) is 5.65 Å². The number of pyridine rings is 1. The topological polar surface area (TPSA) is 30.7 Å². The van der Waals surface area contributed by atoms with Gasteiger partial charge in [0.1, 0.15) is 4.60 Å². The van der Waals surface area contributed by atoms with Crippen LogP contribution in [0.15, 0.2) is 22.9 Å². The minimum atomic E-state index is 0.388. The normalized spacial score (nSPS) is 13.4. The van der Waals surface area contributed by atoms with Crippen LogP contribution in [-0.2, 0) is 0 Å². The fourth-order valence-corrected chi connectivity index (χ4v) is 1.90. The standard InChI is InChI=1S/C10H12BrN3/c1-3-7(2)14-10-8(9(11)13-14)5-4-6-12-10/h4-7H,3H2,1-2H3. The minimum absolute atomic E-state index is 0.388. The fourth-order valence-electron chi connectivity index (χ4n) is 1.42. The van der Waals surface area contributed by atoms with Crippen LogP contribution in [-0.4, -0.2) is 14.8 Å². The summed E-state index contributed by atoms with van der Waals surface area (Å²) in [6.45, 7) is 4.29. The van der Waals surface area contributed by atoms with Gasteiger partial charge in [0.25, 0.3) is 0 Å². The molecule has 0 aliphatic rings. The van der Waals surface area contributed by atoms with Crippen molar-refractivity contribution in [3.63, 3.8) is 0 Å². The van der Waals surface area contributed by atoms with Gasteiger partial charge in [-0.05, 0) is 41.4 Å². The van der Waals surface area contributed by atoms with E-state index in [-0.39, 0.29) is 0 Å². The SMILES string of the molecule is CCC(C)n1nc(Br)c2cccnc21. The minimum Gasteiger partial charge on any atom is -0.243 e. The first kappa shape index (κ1) is 9.65. The summed E-state index contributed by atoms with van der Waals surface area (Å²) in [4.78, 5) is 4.34. The summed E-state index contributed by atoms with van der Waals surface area (Å²) in [5.74, 6) is 0. The van der Waals surface area contributed by atoms with Crippen molar-refractivity contribution in [3.8, 4) is 0 Å². The first-order valence-corrected chi connectivity index (χ1v) is 5.52. The van der Waals surface area contributed by atoms with Crippen molar-refractivity contribution in [1.29, 1.82) is 0 Å². The first-order chi connectivity index (χ1) is 6.74. The average Bonchev–Trinajstić information content (AvgIpc) is 2.56. The lowest BCUT2D eigenvalue weighted by Crippen LogP contribution is -2.06. The van der Waals surface area contributed by atoms with Crippen molar-refractivity contribution < 1.29 is 0 Å². The van der Waals surface area contributed by atoms with Crippen LogP contribution in [0, 0.1) is 0 Å². The maximum absolute atomic E-state index is 4.43. The van der Waals surface area contributed by atoms with E-state index < -0.39 is 0 Å². The van der Waals surface area contributed by atoms with Crippen LogP contribution >= 0.6 is 15.9 Å². The molecule has 3 nitrogen and oxygen atoms in total. The molecule has 74 valence electrons. The van der Waals surface area contributed by atoms with Crippen LogP contribution in [0.2, 0.25) is 0 Å². The van der Waals surface area contributed by atoms with E-state index in [1.165, 1.54) is 0 Å². The molecule has 0 radical (unpaired) electrons. The Morgan fingerprint density at radius 1 is 1.57 bits per heavy atom. The molecule has 0 aromatic carbocycles. The lowest BCUT2D eigenvalue weighted by molar-refractivity contribution is 0.487. The Kier molecular flexibility index (Phi) is 2.54. The molecule has 4 heteroatoms. The maximum Gasteiger partial charge on any atom is 0.159 e. The number of hydrogen-bond donors (Lipinski definition) is 0. The molecular weight excluding hydrogens is 242 g/mol. The number of aromatic nitrogens is 3. The van der Waals surface area contributed by atoms with Crippen molar-refractivity contribution in [2.75, 3.05) is 0 Å². The highest BCUT2D eigenvalue weighted by Gasteiger charge is 2.12. The molecule has 0 saturated carbocycles. The Morgan fingerprint density at radius 3 is 3.07 bits per heavy atom. The van der Waals surface area contributed by atoms with Crippen LogP contribution in [0.25, 0.3) is 11.0 Å². The summed E-state index contributed by atoms with van der Waals surface area (Å²) < 4.78 is 2.85. The van der Waals surface area contributed by atoms with Crippen LogP contribution in [0.4, 0.5) is 0 Å². The van der Waals surface area contributed by atoms with E-state index >= 15 is 0 Å². The predicted molar refractivity (Wildman–Crippen MR) is 60.2 cm³/mol. The van der Waals surface area contributed by atoms with Crippen LogP contribution in [0.1, 0.15) is 26.3 Å². The molecule has 2 heterocycles. The van der Waals surface area contributed by atoms with Crippen LogP contribution in [0.5, 0.6) is 0 Å². The van der Waals surface area contributed by atoms with Crippen LogP contribution < -0.4 is 0 Å². The lowest BCUT2D eigenvalue weighted by Gasteiger charge is -2.08. The Labute approximate surface area is 91.3 Å². The molecule has 0 spiro atoms. The van der Waals surface area contributed by atoms with E-state index in [0.717, 1.165) is 22.1 Å². The second-order valence-electron chi connectivity index (χ2n) is 3.37. The molecule has 0 amide bonds. The highest BCUT2D eigenvalue weighted by molar-refractivity contribution is 9.10. The Hall–Kier alpha value is -0.900. The van der Waals surface area contributed by atoms with Crippen molar-refractivity contribution >= 4 is 27.0 Å². The second kappa shape index (κ2) is 3.69. The second-order valence-corrected chi connectivity index (χ2v) is 4.12. The number of halogens is 1. The third kappa shape index (κ3) is 1.43. The molecule has 0 bridgehead atoms. The molecule has 0 aliphatic heterocycles. The van der Waals surface area contributed by atoms with Gasteiger partial charge in [0, 0.05) is 6.20 Å². The number of nitrogens with zero attached hydrogens (tertiary/aromatic N) is 3. The molecule has 2 rings (SSSR count). The zero-order valence-electron chi connectivity index (χ0n) is 8.24. The number of rotatable bonds is 2. The van der Waals surface area contributed by atoms with E-state index in [4.69, 9.17) is 0 Å². The third-order valence-electron chi connectivity index (χ3n) is 2.43. The zero-order chi connectivity index (χ0) is 10.1. The van der Waals surface area contributed by atoms with Gasteiger partial charge in [-0.2, -0.15) is 5.10 Å². The Bertz CT molecular complexity index is 450. The highest BCUT2D eigenvalue weighted by Crippen LogP contribution is 2.24. The summed E-state index contributed by atoms with van der Waals surface area (Å²) in [6, 6.07) is 4.34. The van der Waals surface area contributed by atoms with Crippen molar-refractivity contribution in [1.82, 2.24) is 14.8 Å². The zero-order valence-corrected chi connectivity index (χ0v) is 9.82. The Morgan fingerprint density at radius 2 is 2.36 bits per heavy atom. The quantitative estimate of drug-likeness (QED) is 0.824. The molecule has 1 unspecified atom stereocenters. The van der Waals surface area contributed by atoms with Crippen molar-refractivity contribution in [2.24, 2.45) is 0 Å². The lowest BCUT2D eigenvalue weighted by atomic mass is 10.2. The van der Waals surface area contributed by atoms with Gasteiger partial charge in [-0.3, -0.25) is 0 Å². The molecule has 0 saturated heterocycles. The van der Waals surface area contributed by atoms with Crippen molar-refractivity contribution in [2.45, 2.75) is 26.3 Å². The van der Waals surface area contributed by atoms with Gasteiger partial charge in [-0.1, -0.05) is 6.92 Å². The van der Waals surface area contributed by atoms with Gasteiger partial charge in [-0.15, -0.1) is 0 Å². The van der Waals surface area contributed by atoms with Crippen LogP contribution in [0.3, 0.4) is 0 Å². The van der Waals surface area contributed by atoms with E-state index in [1.54, 1.807) is 6.20 Å². The predicted octanol–water partition coefficient (Wildman–Crippen LogP) is 3.16. The summed E-state index contributed by atoms with van der Waals surface area (Å²) in [6.07, 6.45) is 2.86. The molecule has 0 aliphatic carbocycles. The molecule has 14 heavy (non-hydrogen) atoms. The number of hydrogen-bond acceptors (Lipinski definition) is 2. The van der Waals surface area contributed by atoms with E-state index in [1.807, 2.05) is 16.8 Å². The van der Waals surface area contributed by atoms with E-state index in [9.17, 15) is 0 Å². The van der Waals surface area contributed by atoms with Gasteiger partial charge in [0.05, 0.1) is 11.4 Å². The van der Waals surface area contributed by atoms with Gasteiger partial charge >= 0.3 is 0 Å². The maximum atomic E-state index is 4.43. The molecule has 2 aromatic rings. The molecule has 0 fully saturated rings. The van der Waals surface area contributed by atoms with Gasteiger partial charge in [-0.25, -0.2) is 9.67 Å². The Balaban J connectivity index is 2.66. The number of fused-ring (bicyclic) bond motifs is 1. The summed E-state index contributed by atoms with van der Waals surface area (Å²) >= 11 is 3.44. The van der Waals surface area contributed by atoms with E-state index in [2.05, 4.69) is 39.9 Å². The monoisotopic (exact) mass is 253 g/mol. The highest BCUT2D eigenvalue weighted by atomic mass is 79.9. The first-order valence-electron chi connectivity index (χ1n) is 4.72. The molecular formula is C10H12BrN3. The largest absolute Gasteiger partial charge is 0.243 e. The molecule has 1 atom stereocenters. The summed E-state index contributed by atoms with van der Waals surface area (Å²) in [5, 5.41) is 5.51. The third-order valence-corrected chi connectivity index (χ3v) is 3.02. The molecule has 0 N–H and O–H groups in total. The summed E-state index contributed by atoms with van der Waals surface area (Å²) in [7, 11) is 0. The van der Waals surface area contributed by atoms with Gasteiger partial charge < -0.3 is 0 Å². The van der Waals surface area contributed by atoms with Crippen molar-refractivity contribution in [3.05, 3.63) is 22.9 Å². The van der Waals surface area contributed by atoms with Gasteiger partial charge in [0.2, 0.25) is 0 Å². The molecule has 2 aromatic heterocycles. The average molecular weight is 254 g/mol. The smallest absolute Gasteiger partial charge is 0.159 e. The van der Waals surface area contributed by atoms with E-state index in [0.29, 0.717) is 6.04 Å².